The molecular formula is C11H14Br2N2. The summed E-state index contributed by atoms with van der Waals surface area (Å²) < 4.78 is 1.94. The predicted molar refractivity (Wildman–Crippen MR) is 70.5 cm³/mol. The molecule has 0 aromatic heterocycles. The van der Waals surface area contributed by atoms with Crippen LogP contribution in [0.4, 0.5) is 5.69 Å². The maximum Gasteiger partial charge on any atom is 0.0507 e. The molecule has 2 rings (SSSR count). The minimum atomic E-state index is 0.0764. The molecule has 15 heavy (non-hydrogen) atoms. The van der Waals surface area contributed by atoms with E-state index in [4.69, 9.17) is 11.5 Å². The van der Waals surface area contributed by atoms with Crippen molar-refractivity contribution in [3.8, 4) is 0 Å². The third kappa shape index (κ3) is 2.22. The first kappa shape index (κ1) is 11.4. The highest BCUT2D eigenvalue weighted by atomic mass is 79.9. The molecule has 0 unspecified atom stereocenters. The summed E-state index contributed by atoms with van der Waals surface area (Å²) in [5, 5.41) is 0. The van der Waals surface area contributed by atoms with Gasteiger partial charge in [0.15, 0.2) is 0 Å². The van der Waals surface area contributed by atoms with Crippen molar-refractivity contribution in [2.75, 3.05) is 5.73 Å². The first-order valence-electron chi connectivity index (χ1n) is 5.09. The third-order valence-corrected chi connectivity index (χ3v) is 4.26. The number of nitrogens with two attached hydrogens (primary N) is 2. The lowest BCUT2D eigenvalue weighted by atomic mass is 9.77. The van der Waals surface area contributed by atoms with Crippen LogP contribution in [0, 0.1) is 5.92 Å². The number of anilines is 1. The smallest absolute Gasteiger partial charge is 0.0507 e. The van der Waals surface area contributed by atoms with Crippen molar-refractivity contribution in [2.45, 2.75) is 25.3 Å². The molecule has 1 aromatic carbocycles. The molecule has 0 heterocycles. The Hall–Kier alpha value is -0.0600. The van der Waals surface area contributed by atoms with Crippen LogP contribution in [0.1, 0.15) is 30.9 Å². The van der Waals surface area contributed by atoms with Gasteiger partial charge in [-0.1, -0.05) is 22.4 Å². The maximum atomic E-state index is 6.22. The van der Waals surface area contributed by atoms with Crippen LogP contribution in [-0.2, 0) is 0 Å². The van der Waals surface area contributed by atoms with Crippen LogP contribution in [0.2, 0.25) is 0 Å². The summed E-state index contributed by atoms with van der Waals surface area (Å²) in [6, 6.07) is 4.06. The van der Waals surface area contributed by atoms with E-state index < -0.39 is 0 Å². The summed E-state index contributed by atoms with van der Waals surface area (Å²) in [6.45, 7) is 0. The maximum absolute atomic E-state index is 6.22. The lowest BCUT2D eigenvalue weighted by Gasteiger charge is -2.32. The van der Waals surface area contributed by atoms with Crippen molar-refractivity contribution in [1.29, 1.82) is 0 Å². The van der Waals surface area contributed by atoms with Gasteiger partial charge in [-0.25, -0.2) is 0 Å². The van der Waals surface area contributed by atoms with Crippen LogP contribution in [0.5, 0.6) is 0 Å². The topological polar surface area (TPSA) is 52.0 Å². The molecule has 1 aromatic rings. The lowest BCUT2D eigenvalue weighted by molar-refractivity contribution is 0.265. The number of nitrogen functional groups attached to an aromatic ring is 1. The molecule has 4 heteroatoms. The lowest BCUT2D eigenvalue weighted by Crippen LogP contribution is -2.27. The Morgan fingerprint density at radius 3 is 2.47 bits per heavy atom. The number of hydrogen-bond acceptors (Lipinski definition) is 2. The summed E-state index contributed by atoms with van der Waals surface area (Å²) in [5.41, 5.74) is 14.1. The zero-order valence-electron chi connectivity index (χ0n) is 8.34. The predicted octanol–water partition coefficient (Wildman–Crippen LogP) is 3.59. The second-order valence-corrected chi connectivity index (χ2v) is 5.88. The van der Waals surface area contributed by atoms with Gasteiger partial charge in [-0.3, -0.25) is 0 Å². The van der Waals surface area contributed by atoms with E-state index in [1.165, 1.54) is 19.3 Å². The molecular weight excluding hydrogens is 320 g/mol. The Labute approximate surface area is 107 Å². The minimum absolute atomic E-state index is 0.0764. The van der Waals surface area contributed by atoms with Crippen molar-refractivity contribution < 1.29 is 0 Å². The van der Waals surface area contributed by atoms with Gasteiger partial charge in [0.05, 0.1) is 5.69 Å². The van der Waals surface area contributed by atoms with Gasteiger partial charge in [0.25, 0.3) is 0 Å². The van der Waals surface area contributed by atoms with Gasteiger partial charge in [0.1, 0.15) is 0 Å². The van der Waals surface area contributed by atoms with E-state index in [9.17, 15) is 0 Å². The quantitative estimate of drug-likeness (QED) is 0.812. The van der Waals surface area contributed by atoms with Gasteiger partial charge >= 0.3 is 0 Å². The zero-order valence-corrected chi connectivity index (χ0v) is 11.5. The SMILES string of the molecule is Nc1c(Br)cc(Br)cc1[C@H](N)C1CCC1. The minimum Gasteiger partial charge on any atom is -0.398 e. The highest BCUT2D eigenvalue weighted by Gasteiger charge is 2.27. The van der Waals surface area contributed by atoms with Crippen molar-refractivity contribution in [3.63, 3.8) is 0 Å². The molecule has 1 saturated carbocycles. The Balaban J connectivity index is 2.33. The van der Waals surface area contributed by atoms with Crippen LogP contribution in [0.15, 0.2) is 21.1 Å². The van der Waals surface area contributed by atoms with Gasteiger partial charge < -0.3 is 11.5 Å². The normalized spacial score (nSPS) is 18.6. The monoisotopic (exact) mass is 332 g/mol. The van der Waals surface area contributed by atoms with Crippen molar-refractivity contribution in [1.82, 2.24) is 0 Å². The molecule has 0 amide bonds. The first-order chi connectivity index (χ1) is 7.09. The highest BCUT2D eigenvalue weighted by Crippen LogP contribution is 2.40. The Morgan fingerprint density at radius 1 is 1.27 bits per heavy atom. The van der Waals surface area contributed by atoms with Crippen LogP contribution in [0.3, 0.4) is 0 Å². The molecule has 0 saturated heterocycles. The van der Waals surface area contributed by atoms with Crippen molar-refractivity contribution >= 4 is 37.5 Å². The molecule has 4 N–H and O–H groups in total. The molecule has 2 nitrogen and oxygen atoms in total. The fraction of sp³-hybridized carbons (Fsp3) is 0.455. The number of hydrogen-bond donors (Lipinski definition) is 2. The number of rotatable bonds is 2. The van der Waals surface area contributed by atoms with E-state index in [0.29, 0.717) is 5.92 Å². The van der Waals surface area contributed by atoms with Gasteiger partial charge in [-0.15, -0.1) is 0 Å². The highest BCUT2D eigenvalue weighted by molar-refractivity contribution is 9.11. The zero-order chi connectivity index (χ0) is 11.0. The molecule has 0 aliphatic heterocycles. The summed E-state index contributed by atoms with van der Waals surface area (Å²) in [6.07, 6.45) is 3.75. The van der Waals surface area contributed by atoms with E-state index in [1.807, 2.05) is 12.1 Å². The second kappa shape index (κ2) is 4.44. The third-order valence-electron chi connectivity index (χ3n) is 3.14. The second-order valence-electron chi connectivity index (χ2n) is 4.11. The van der Waals surface area contributed by atoms with Crippen LogP contribution < -0.4 is 11.5 Å². The van der Waals surface area contributed by atoms with Gasteiger partial charge in [-0.2, -0.15) is 0 Å². The van der Waals surface area contributed by atoms with Crippen LogP contribution in [0.25, 0.3) is 0 Å². The van der Waals surface area contributed by atoms with E-state index in [2.05, 4.69) is 31.9 Å². The first-order valence-corrected chi connectivity index (χ1v) is 6.68. The molecule has 1 fully saturated rings. The number of benzene rings is 1. The van der Waals surface area contributed by atoms with Crippen molar-refractivity contribution in [2.24, 2.45) is 11.7 Å². The Kier molecular flexibility index (Phi) is 3.38. The largest absolute Gasteiger partial charge is 0.398 e. The number of halogens is 2. The van der Waals surface area contributed by atoms with Crippen LogP contribution in [-0.4, -0.2) is 0 Å². The van der Waals surface area contributed by atoms with E-state index in [-0.39, 0.29) is 6.04 Å². The Morgan fingerprint density at radius 2 is 1.93 bits per heavy atom. The van der Waals surface area contributed by atoms with Crippen molar-refractivity contribution in [3.05, 3.63) is 26.6 Å². The van der Waals surface area contributed by atoms with E-state index in [1.54, 1.807) is 0 Å². The van der Waals surface area contributed by atoms with E-state index >= 15 is 0 Å². The summed E-state index contributed by atoms with van der Waals surface area (Å²) in [7, 11) is 0. The summed E-state index contributed by atoms with van der Waals surface area (Å²) >= 11 is 6.91. The fourth-order valence-corrected chi connectivity index (χ4v) is 3.19. The van der Waals surface area contributed by atoms with Gasteiger partial charge in [0, 0.05) is 15.0 Å². The molecule has 1 aliphatic carbocycles. The Bertz CT molecular complexity index is 375. The average Bonchev–Trinajstić information content (AvgIpc) is 2.08. The average molecular weight is 334 g/mol. The summed E-state index contributed by atoms with van der Waals surface area (Å²) in [4.78, 5) is 0. The molecule has 1 aliphatic rings. The molecule has 1 atom stereocenters. The molecule has 0 spiro atoms. The molecule has 0 radical (unpaired) electrons. The molecule has 0 bridgehead atoms. The van der Waals surface area contributed by atoms with E-state index in [0.717, 1.165) is 20.2 Å². The van der Waals surface area contributed by atoms with Gasteiger partial charge in [0.2, 0.25) is 0 Å². The standard InChI is InChI=1S/C11H14Br2N2/c12-7-4-8(11(15)9(13)5-7)10(14)6-2-1-3-6/h4-6,10H,1-3,14-15H2/t10-/m1/s1. The fourth-order valence-electron chi connectivity index (χ4n) is 1.93. The molecule has 82 valence electrons. The van der Waals surface area contributed by atoms with Gasteiger partial charge in [-0.05, 0) is 52.4 Å². The summed E-state index contributed by atoms with van der Waals surface area (Å²) in [5.74, 6) is 0.605. The van der Waals surface area contributed by atoms with Crippen LogP contribution >= 0.6 is 31.9 Å².